The molecule has 3 N–H and O–H groups in total. The van der Waals surface area contributed by atoms with Gasteiger partial charge in [-0.1, -0.05) is 17.7 Å². The van der Waals surface area contributed by atoms with Crippen molar-refractivity contribution < 1.29 is 19.4 Å². The van der Waals surface area contributed by atoms with Gasteiger partial charge in [0.05, 0.1) is 12.5 Å². The summed E-state index contributed by atoms with van der Waals surface area (Å²) in [7, 11) is 0. The van der Waals surface area contributed by atoms with Crippen LogP contribution in [-0.2, 0) is 14.3 Å². The number of carboxylic acids is 1. The minimum atomic E-state index is -1.06. The zero-order chi connectivity index (χ0) is 17.2. The molecule has 1 aromatic rings. The number of rotatable bonds is 10. The Kier molecular flexibility index (Phi) is 8.61. The van der Waals surface area contributed by atoms with Gasteiger partial charge in [0.15, 0.2) is 0 Å². The molecule has 6 nitrogen and oxygen atoms in total. The van der Waals surface area contributed by atoms with Crippen molar-refractivity contribution in [3.63, 3.8) is 0 Å². The topological polar surface area (TPSA) is 87.7 Å². The highest BCUT2D eigenvalue weighted by atomic mass is 35.5. The van der Waals surface area contributed by atoms with Gasteiger partial charge in [0.25, 0.3) is 0 Å². The molecule has 128 valence electrons. The molecule has 7 heteroatoms. The second-order valence-electron chi connectivity index (χ2n) is 5.38. The molecular formula is C16H23ClN2O4. The number of hydrogen-bond donors (Lipinski definition) is 3. The maximum absolute atomic E-state index is 11.9. The molecule has 0 radical (unpaired) electrons. The summed E-state index contributed by atoms with van der Waals surface area (Å²) in [5.41, 5.74) is 0.539. The zero-order valence-electron chi connectivity index (χ0n) is 13.3. The fourth-order valence-electron chi connectivity index (χ4n) is 1.88. The van der Waals surface area contributed by atoms with Crippen molar-refractivity contribution in [1.29, 1.82) is 0 Å². The Morgan fingerprint density at radius 2 is 2.09 bits per heavy atom. The Hall–Kier alpha value is -1.63. The molecule has 0 bridgehead atoms. The van der Waals surface area contributed by atoms with Crippen molar-refractivity contribution in [3.05, 3.63) is 29.3 Å². The van der Waals surface area contributed by atoms with E-state index in [9.17, 15) is 14.7 Å². The van der Waals surface area contributed by atoms with E-state index in [-0.39, 0.29) is 18.4 Å². The molecule has 0 heterocycles. The first-order valence-electron chi connectivity index (χ1n) is 7.51. The number of carbonyl (C=O) groups excluding carboxylic acids is 1. The smallest absolute Gasteiger partial charge is 0.321 e. The number of benzene rings is 1. The number of amides is 1. The summed E-state index contributed by atoms with van der Waals surface area (Å²) in [5.74, 6) is -1.44. The molecule has 0 saturated heterocycles. The van der Waals surface area contributed by atoms with E-state index >= 15 is 0 Å². The molecule has 0 fully saturated rings. The monoisotopic (exact) mass is 342 g/mol. The van der Waals surface area contributed by atoms with E-state index < -0.39 is 12.0 Å². The molecule has 0 aliphatic carbocycles. The van der Waals surface area contributed by atoms with Crippen LogP contribution in [0.1, 0.15) is 26.7 Å². The number of aliphatic carboxylic acids is 1. The number of carbonyl (C=O) groups is 2. The average molecular weight is 343 g/mol. The van der Waals surface area contributed by atoms with Gasteiger partial charge in [0, 0.05) is 17.3 Å². The number of hydrogen-bond acceptors (Lipinski definition) is 4. The second-order valence-corrected chi connectivity index (χ2v) is 5.82. The minimum Gasteiger partial charge on any atom is -0.480 e. The molecule has 23 heavy (non-hydrogen) atoms. The Bertz CT molecular complexity index is 523. The van der Waals surface area contributed by atoms with E-state index in [2.05, 4.69) is 10.6 Å². The lowest BCUT2D eigenvalue weighted by atomic mass is 10.2. The number of carboxylic acid groups (broad SMARTS) is 1. The summed E-state index contributed by atoms with van der Waals surface area (Å²) in [4.78, 5) is 23.2. The third-order valence-electron chi connectivity index (χ3n) is 2.96. The molecule has 0 unspecified atom stereocenters. The average Bonchev–Trinajstić information content (AvgIpc) is 2.45. The maximum atomic E-state index is 11.9. The molecule has 0 aliphatic heterocycles. The Labute approximate surface area is 141 Å². The van der Waals surface area contributed by atoms with E-state index in [0.29, 0.717) is 30.3 Å². The number of halogens is 1. The fourth-order valence-corrected chi connectivity index (χ4v) is 2.07. The van der Waals surface area contributed by atoms with Crippen LogP contribution in [0, 0.1) is 0 Å². The van der Waals surface area contributed by atoms with E-state index in [1.165, 1.54) is 0 Å². The number of nitrogens with one attached hydrogen (secondary N) is 2. The van der Waals surface area contributed by atoms with Gasteiger partial charge in [0.2, 0.25) is 5.91 Å². The fraction of sp³-hybridized carbons (Fsp3) is 0.500. The first-order chi connectivity index (χ1) is 10.9. The molecular weight excluding hydrogens is 320 g/mol. The van der Waals surface area contributed by atoms with Gasteiger partial charge in [-0.2, -0.15) is 0 Å². The quantitative estimate of drug-likeness (QED) is 0.569. The lowest BCUT2D eigenvalue weighted by Gasteiger charge is -2.15. The molecule has 0 aliphatic rings. The molecule has 1 aromatic carbocycles. The predicted molar refractivity (Wildman–Crippen MR) is 89.8 cm³/mol. The third kappa shape index (κ3) is 8.54. The number of anilines is 1. The van der Waals surface area contributed by atoms with Crippen molar-refractivity contribution in [2.24, 2.45) is 0 Å². The molecule has 1 amide bonds. The molecule has 0 aromatic heterocycles. The first kappa shape index (κ1) is 19.4. The number of ether oxygens (including phenoxy) is 1. The predicted octanol–water partition coefficient (Wildman–Crippen LogP) is 2.53. The summed E-state index contributed by atoms with van der Waals surface area (Å²) in [5, 5.41) is 15.2. The summed E-state index contributed by atoms with van der Waals surface area (Å²) in [6.07, 6.45) is 0.666. The van der Waals surface area contributed by atoms with Crippen LogP contribution in [0.15, 0.2) is 24.3 Å². The van der Waals surface area contributed by atoms with Crippen LogP contribution in [0.25, 0.3) is 0 Å². The maximum Gasteiger partial charge on any atom is 0.321 e. The van der Waals surface area contributed by atoms with E-state index in [1.807, 2.05) is 13.8 Å². The van der Waals surface area contributed by atoms with Crippen LogP contribution < -0.4 is 10.6 Å². The summed E-state index contributed by atoms with van der Waals surface area (Å²) in [6.45, 7) is 4.89. The van der Waals surface area contributed by atoms with Crippen LogP contribution >= 0.6 is 11.6 Å². The van der Waals surface area contributed by atoms with Gasteiger partial charge in [-0.15, -0.1) is 0 Å². The van der Waals surface area contributed by atoms with Gasteiger partial charge < -0.3 is 20.5 Å². The minimum absolute atomic E-state index is 0.147. The standard InChI is InChI=1S/C16H23ClN2O4/c1-11(2)23-8-4-7-18-14(16(21)22)10-15(20)19-13-6-3-5-12(17)9-13/h3,5-6,9,11,14,18H,4,7-8,10H2,1-2H3,(H,19,20)(H,21,22)/t14-/m0/s1. The van der Waals surface area contributed by atoms with Gasteiger partial charge in [-0.25, -0.2) is 0 Å². The van der Waals surface area contributed by atoms with Crippen molar-refractivity contribution in [1.82, 2.24) is 5.32 Å². The zero-order valence-corrected chi connectivity index (χ0v) is 14.1. The highest BCUT2D eigenvalue weighted by Gasteiger charge is 2.20. The largest absolute Gasteiger partial charge is 0.480 e. The van der Waals surface area contributed by atoms with Gasteiger partial charge in [-0.05, 0) is 45.0 Å². The second kappa shape index (κ2) is 10.2. The van der Waals surface area contributed by atoms with E-state index in [1.54, 1.807) is 24.3 Å². The first-order valence-corrected chi connectivity index (χ1v) is 7.89. The summed E-state index contributed by atoms with van der Waals surface area (Å²) < 4.78 is 5.38. The van der Waals surface area contributed by atoms with Crippen molar-refractivity contribution >= 4 is 29.2 Å². The van der Waals surface area contributed by atoms with Crippen molar-refractivity contribution in [2.45, 2.75) is 38.8 Å². The SMILES string of the molecule is CC(C)OCCCN[C@@H](CC(=O)Nc1cccc(Cl)c1)C(=O)O. The van der Waals surface area contributed by atoms with Crippen LogP contribution in [0.5, 0.6) is 0 Å². The van der Waals surface area contributed by atoms with E-state index in [0.717, 1.165) is 0 Å². The Balaban J connectivity index is 2.39. The lowest BCUT2D eigenvalue weighted by molar-refractivity contribution is -0.141. The van der Waals surface area contributed by atoms with E-state index in [4.69, 9.17) is 16.3 Å². The molecule has 0 saturated carbocycles. The Morgan fingerprint density at radius 1 is 1.35 bits per heavy atom. The highest BCUT2D eigenvalue weighted by Crippen LogP contribution is 2.15. The third-order valence-corrected chi connectivity index (χ3v) is 3.19. The van der Waals surface area contributed by atoms with Crippen molar-refractivity contribution in [2.75, 3.05) is 18.5 Å². The summed E-state index contributed by atoms with van der Waals surface area (Å²) in [6, 6.07) is 5.76. The highest BCUT2D eigenvalue weighted by molar-refractivity contribution is 6.30. The Morgan fingerprint density at radius 3 is 2.70 bits per heavy atom. The van der Waals surface area contributed by atoms with Crippen LogP contribution in [-0.4, -0.2) is 42.3 Å². The molecule has 0 spiro atoms. The van der Waals surface area contributed by atoms with Crippen LogP contribution in [0.3, 0.4) is 0 Å². The molecule has 1 rings (SSSR count). The lowest BCUT2D eigenvalue weighted by Crippen LogP contribution is -2.40. The van der Waals surface area contributed by atoms with Gasteiger partial charge >= 0.3 is 5.97 Å². The van der Waals surface area contributed by atoms with Gasteiger partial charge in [-0.3, -0.25) is 9.59 Å². The van der Waals surface area contributed by atoms with Crippen molar-refractivity contribution in [3.8, 4) is 0 Å². The van der Waals surface area contributed by atoms with Crippen LogP contribution in [0.4, 0.5) is 5.69 Å². The normalized spacial score (nSPS) is 12.2. The van der Waals surface area contributed by atoms with Gasteiger partial charge in [0.1, 0.15) is 6.04 Å². The van der Waals surface area contributed by atoms with Crippen LogP contribution in [0.2, 0.25) is 5.02 Å². The summed E-state index contributed by atoms with van der Waals surface area (Å²) >= 11 is 5.84. The molecule has 1 atom stereocenters.